The largest absolute Gasteiger partial charge is 0.310 e. The first-order valence-corrected chi connectivity index (χ1v) is 8.66. The summed E-state index contributed by atoms with van der Waals surface area (Å²) in [5.74, 6) is -0.102. The van der Waals surface area contributed by atoms with Gasteiger partial charge in [0.1, 0.15) is 5.82 Å². The minimum absolute atomic E-state index is 0.102. The van der Waals surface area contributed by atoms with Gasteiger partial charge in [-0.05, 0) is 37.6 Å². The molecule has 1 rings (SSSR count). The van der Waals surface area contributed by atoms with Gasteiger partial charge in [-0.25, -0.2) is 4.39 Å². The van der Waals surface area contributed by atoms with Crippen LogP contribution in [0, 0.1) is 5.82 Å². The molecule has 114 valence electrons. The number of hydrogen-bond donors (Lipinski definition) is 1. The zero-order valence-corrected chi connectivity index (χ0v) is 14.3. The van der Waals surface area contributed by atoms with Crippen LogP contribution < -0.4 is 5.32 Å². The molecule has 0 fully saturated rings. The lowest BCUT2D eigenvalue weighted by molar-refractivity contribution is 0.449. The Balaban J connectivity index is 2.60. The summed E-state index contributed by atoms with van der Waals surface area (Å²) in [5, 5.41) is 3.48. The number of hydrogen-bond acceptors (Lipinski definition) is 1. The van der Waals surface area contributed by atoms with Crippen molar-refractivity contribution in [2.24, 2.45) is 0 Å². The zero-order chi connectivity index (χ0) is 14.8. The molecule has 1 aromatic carbocycles. The van der Waals surface area contributed by atoms with E-state index in [2.05, 4.69) is 35.1 Å². The molecule has 1 N–H and O–H groups in total. The van der Waals surface area contributed by atoms with E-state index in [4.69, 9.17) is 0 Å². The molecule has 0 spiro atoms. The molecule has 0 aliphatic carbocycles. The summed E-state index contributed by atoms with van der Waals surface area (Å²) in [6.45, 7) is 5.30. The van der Waals surface area contributed by atoms with Gasteiger partial charge in [0, 0.05) is 16.1 Å². The van der Waals surface area contributed by atoms with Crippen LogP contribution in [0.15, 0.2) is 22.7 Å². The van der Waals surface area contributed by atoms with Crippen molar-refractivity contribution < 1.29 is 4.39 Å². The van der Waals surface area contributed by atoms with Crippen LogP contribution >= 0.6 is 15.9 Å². The molecule has 0 aliphatic heterocycles. The van der Waals surface area contributed by atoms with Gasteiger partial charge in [-0.3, -0.25) is 0 Å². The van der Waals surface area contributed by atoms with Crippen LogP contribution in [0.3, 0.4) is 0 Å². The maximum absolute atomic E-state index is 14.0. The minimum atomic E-state index is -0.102. The summed E-state index contributed by atoms with van der Waals surface area (Å²) >= 11 is 3.44. The average molecular weight is 344 g/mol. The smallest absolute Gasteiger partial charge is 0.128 e. The molecular weight excluding hydrogens is 317 g/mol. The van der Waals surface area contributed by atoms with E-state index in [-0.39, 0.29) is 11.9 Å². The Kier molecular flexibility index (Phi) is 9.12. The van der Waals surface area contributed by atoms with Gasteiger partial charge < -0.3 is 5.32 Å². The summed E-state index contributed by atoms with van der Waals surface area (Å²) in [4.78, 5) is 0. The molecule has 1 atom stereocenters. The Morgan fingerprint density at radius 1 is 1.10 bits per heavy atom. The molecule has 1 unspecified atom stereocenters. The van der Waals surface area contributed by atoms with Gasteiger partial charge in [-0.15, -0.1) is 0 Å². The Morgan fingerprint density at radius 3 is 2.55 bits per heavy atom. The van der Waals surface area contributed by atoms with E-state index in [0.717, 1.165) is 35.8 Å². The van der Waals surface area contributed by atoms with Crippen molar-refractivity contribution >= 4 is 15.9 Å². The molecule has 0 amide bonds. The molecule has 3 heteroatoms. The van der Waals surface area contributed by atoms with Gasteiger partial charge in [0.2, 0.25) is 0 Å². The lowest BCUT2D eigenvalue weighted by Crippen LogP contribution is -2.23. The van der Waals surface area contributed by atoms with Gasteiger partial charge in [0.15, 0.2) is 0 Å². The lowest BCUT2D eigenvalue weighted by atomic mass is 9.99. The summed E-state index contributed by atoms with van der Waals surface area (Å²) in [5.41, 5.74) is 0.795. The Bertz CT molecular complexity index is 381. The van der Waals surface area contributed by atoms with Crippen LogP contribution in [-0.2, 0) is 0 Å². The highest BCUT2D eigenvalue weighted by Gasteiger charge is 2.15. The number of benzene rings is 1. The lowest BCUT2D eigenvalue weighted by Gasteiger charge is -2.20. The first-order chi connectivity index (χ1) is 9.69. The van der Waals surface area contributed by atoms with E-state index >= 15 is 0 Å². The molecule has 0 aliphatic rings. The van der Waals surface area contributed by atoms with E-state index in [1.165, 1.54) is 25.7 Å². The Labute approximate surface area is 131 Å². The molecule has 20 heavy (non-hydrogen) atoms. The number of unbranched alkanes of at least 4 members (excludes halogenated alkanes) is 4. The van der Waals surface area contributed by atoms with Gasteiger partial charge in [0.05, 0.1) is 0 Å². The second-order valence-corrected chi connectivity index (χ2v) is 6.29. The number of nitrogens with one attached hydrogen (secondary N) is 1. The zero-order valence-electron chi connectivity index (χ0n) is 12.7. The highest BCUT2D eigenvalue weighted by Crippen LogP contribution is 2.26. The van der Waals surface area contributed by atoms with Crippen molar-refractivity contribution in [3.8, 4) is 0 Å². The summed E-state index contributed by atoms with van der Waals surface area (Å²) in [6.07, 6.45) is 8.34. The van der Waals surface area contributed by atoms with E-state index in [1.54, 1.807) is 12.1 Å². The molecule has 0 saturated carbocycles. The number of rotatable bonds is 10. The highest BCUT2D eigenvalue weighted by atomic mass is 79.9. The predicted molar refractivity (Wildman–Crippen MR) is 88.5 cm³/mol. The molecule has 0 bridgehead atoms. The third-order valence-corrected chi connectivity index (χ3v) is 4.06. The monoisotopic (exact) mass is 343 g/mol. The fourth-order valence-electron chi connectivity index (χ4n) is 2.42. The van der Waals surface area contributed by atoms with Gasteiger partial charge in [-0.1, -0.05) is 61.9 Å². The van der Waals surface area contributed by atoms with Crippen molar-refractivity contribution in [1.82, 2.24) is 5.32 Å². The molecule has 0 radical (unpaired) electrons. The number of halogens is 2. The fourth-order valence-corrected chi connectivity index (χ4v) is 2.80. The quantitative estimate of drug-likeness (QED) is 0.514. The molecule has 0 saturated heterocycles. The third kappa shape index (κ3) is 6.36. The van der Waals surface area contributed by atoms with Gasteiger partial charge >= 0.3 is 0 Å². The molecular formula is C17H27BrFN. The van der Waals surface area contributed by atoms with Crippen molar-refractivity contribution in [3.05, 3.63) is 34.1 Å². The maximum atomic E-state index is 14.0. The maximum Gasteiger partial charge on any atom is 0.128 e. The molecule has 1 aromatic rings. The summed E-state index contributed by atoms with van der Waals surface area (Å²) in [6, 6.07) is 5.36. The van der Waals surface area contributed by atoms with E-state index in [9.17, 15) is 4.39 Å². The second-order valence-electron chi connectivity index (χ2n) is 5.38. The van der Waals surface area contributed by atoms with Crippen molar-refractivity contribution in [2.45, 2.75) is 64.8 Å². The Morgan fingerprint density at radius 2 is 1.85 bits per heavy atom. The van der Waals surface area contributed by atoms with Crippen LogP contribution in [0.2, 0.25) is 0 Å². The van der Waals surface area contributed by atoms with E-state index in [0.29, 0.717) is 0 Å². The van der Waals surface area contributed by atoms with Crippen LogP contribution in [0.25, 0.3) is 0 Å². The van der Waals surface area contributed by atoms with Gasteiger partial charge in [-0.2, -0.15) is 0 Å². The highest BCUT2D eigenvalue weighted by molar-refractivity contribution is 9.10. The van der Waals surface area contributed by atoms with E-state index in [1.807, 2.05) is 6.07 Å². The summed E-state index contributed by atoms with van der Waals surface area (Å²) < 4.78 is 15.0. The third-order valence-electron chi connectivity index (χ3n) is 3.57. The summed E-state index contributed by atoms with van der Waals surface area (Å²) in [7, 11) is 0. The SMILES string of the molecule is CCCCCCCC(NCCC)c1cc(Br)ccc1F. The normalized spacial score (nSPS) is 12.6. The second kappa shape index (κ2) is 10.3. The van der Waals surface area contributed by atoms with Crippen molar-refractivity contribution in [2.75, 3.05) is 6.54 Å². The molecule has 1 nitrogen and oxygen atoms in total. The molecule has 0 aromatic heterocycles. The predicted octanol–water partition coefficient (Wildman–Crippen LogP) is 5.99. The molecule has 0 heterocycles. The minimum Gasteiger partial charge on any atom is -0.310 e. The van der Waals surface area contributed by atoms with Crippen molar-refractivity contribution in [1.29, 1.82) is 0 Å². The van der Waals surface area contributed by atoms with Crippen LogP contribution in [0.1, 0.15) is 70.4 Å². The first kappa shape index (κ1) is 17.6. The standard InChI is InChI=1S/C17H27BrFN/c1-3-5-6-7-8-9-17(20-12-4-2)15-13-14(18)10-11-16(15)19/h10-11,13,17,20H,3-9,12H2,1-2H3. The first-order valence-electron chi connectivity index (χ1n) is 7.87. The van der Waals surface area contributed by atoms with Crippen molar-refractivity contribution in [3.63, 3.8) is 0 Å². The topological polar surface area (TPSA) is 12.0 Å². The van der Waals surface area contributed by atoms with Crippen LogP contribution in [0.4, 0.5) is 4.39 Å². The Hall–Kier alpha value is -0.410. The van der Waals surface area contributed by atoms with E-state index < -0.39 is 0 Å². The van der Waals surface area contributed by atoms with Gasteiger partial charge in [0.25, 0.3) is 0 Å². The van der Waals surface area contributed by atoms with Crippen LogP contribution in [-0.4, -0.2) is 6.54 Å². The van der Waals surface area contributed by atoms with Crippen LogP contribution in [0.5, 0.6) is 0 Å². The fraction of sp³-hybridized carbons (Fsp3) is 0.647. The average Bonchev–Trinajstić information content (AvgIpc) is 2.45.